The van der Waals surface area contributed by atoms with Gasteiger partial charge in [-0.25, -0.2) is 0 Å². The molecule has 0 spiro atoms. The van der Waals surface area contributed by atoms with Gasteiger partial charge in [-0.15, -0.1) is 0 Å². The van der Waals surface area contributed by atoms with E-state index in [1.807, 2.05) is 41.3 Å². The van der Waals surface area contributed by atoms with Crippen molar-refractivity contribution in [3.05, 3.63) is 65.2 Å². The predicted octanol–water partition coefficient (Wildman–Crippen LogP) is 2.65. The van der Waals surface area contributed by atoms with Gasteiger partial charge in [-0.2, -0.15) is 0 Å². The number of hydrogen-bond acceptors (Lipinski definition) is 3. The number of rotatable bonds is 3. The molecule has 0 saturated carbocycles. The normalized spacial score (nSPS) is 22.7. The molecule has 0 unspecified atom stereocenters. The number of hydrogen-bond donors (Lipinski definition) is 1. The van der Waals surface area contributed by atoms with Crippen LogP contribution in [0.5, 0.6) is 5.75 Å². The van der Waals surface area contributed by atoms with Crippen LogP contribution in [0.1, 0.15) is 27.4 Å². The average Bonchev–Trinajstić information content (AvgIpc) is 3.05. The average molecular weight is 322 g/mol. The number of carbonyl (C=O) groups is 1. The molecule has 4 rings (SSSR count). The lowest BCUT2D eigenvalue weighted by Gasteiger charge is -2.24. The minimum Gasteiger partial charge on any atom is -0.497 e. The maximum atomic E-state index is 13.1. The lowest BCUT2D eigenvalue weighted by molar-refractivity contribution is 0.0727. The SMILES string of the molecule is COc1cccc(CN2C[C@@H]3CNC[C@H]3c3ccccc3C2=O)c1. The summed E-state index contributed by atoms with van der Waals surface area (Å²) < 4.78 is 5.31. The first-order valence-corrected chi connectivity index (χ1v) is 8.48. The van der Waals surface area contributed by atoms with E-state index in [0.29, 0.717) is 18.4 Å². The molecule has 4 nitrogen and oxygen atoms in total. The molecule has 24 heavy (non-hydrogen) atoms. The van der Waals surface area contributed by atoms with Gasteiger partial charge >= 0.3 is 0 Å². The number of methoxy groups -OCH3 is 1. The van der Waals surface area contributed by atoms with Crippen molar-refractivity contribution in [1.82, 2.24) is 10.2 Å². The van der Waals surface area contributed by atoms with Gasteiger partial charge in [0.2, 0.25) is 0 Å². The van der Waals surface area contributed by atoms with E-state index in [-0.39, 0.29) is 5.91 Å². The van der Waals surface area contributed by atoms with Gasteiger partial charge in [-0.1, -0.05) is 30.3 Å². The fourth-order valence-corrected chi connectivity index (χ4v) is 3.97. The van der Waals surface area contributed by atoms with Crippen LogP contribution in [0.4, 0.5) is 0 Å². The van der Waals surface area contributed by atoms with E-state index < -0.39 is 0 Å². The Hall–Kier alpha value is -2.33. The Labute approximate surface area is 142 Å². The maximum absolute atomic E-state index is 13.1. The summed E-state index contributed by atoms with van der Waals surface area (Å²) in [6.45, 7) is 3.35. The molecule has 2 aromatic rings. The van der Waals surface area contributed by atoms with Crippen molar-refractivity contribution in [3.63, 3.8) is 0 Å². The third kappa shape index (κ3) is 2.67. The molecule has 2 aliphatic heterocycles. The first-order valence-electron chi connectivity index (χ1n) is 8.48. The second-order valence-corrected chi connectivity index (χ2v) is 6.65. The van der Waals surface area contributed by atoms with Crippen molar-refractivity contribution in [2.45, 2.75) is 12.5 Å². The molecule has 1 amide bonds. The molecule has 0 aromatic heterocycles. The number of fused-ring (bicyclic) bond motifs is 3. The number of nitrogens with zero attached hydrogens (tertiary/aromatic N) is 1. The highest BCUT2D eigenvalue weighted by atomic mass is 16.5. The van der Waals surface area contributed by atoms with Crippen LogP contribution in [0, 0.1) is 5.92 Å². The summed E-state index contributed by atoms with van der Waals surface area (Å²) in [5.74, 6) is 1.88. The Balaban J connectivity index is 1.67. The molecule has 1 fully saturated rings. The van der Waals surface area contributed by atoms with Gasteiger partial charge in [0.15, 0.2) is 0 Å². The van der Waals surface area contributed by atoms with Gasteiger partial charge in [0, 0.05) is 37.7 Å². The van der Waals surface area contributed by atoms with Crippen LogP contribution in [-0.2, 0) is 6.54 Å². The third-order valence-corrected chi connectivity index (χ3v) is 5.18. The molecule has 0 bridgehead atoms. The zero-order chi connectivity index (χ0) is 16.5. The van der Waals surface area contributed by atoms with E-state index in [9.17, 15) is 4.79 Å². The Morgan fingerprint density at radius 2 is 2.04 bits per heavy atom. The van der Waals surface area contributed by atoms with Crippen molar-refractivity contribution in [1.29, 1.82) is 0 Å². The number of nitrogens with one attached hydrogen (secondary N) is 1. The van der Waals surface area contributed by atoms with Crippen LogP contribution in [0.15, 0.2) is 48.5 Å². The highest BCUT2D eigenvalue weighted by Crippen LogP contribution is 2.35. The van der Waals surface area contributed by atoms with E-state index in [1.165, 1.54) is 5.56 Å². The fourth-order valence-electron chi connectivity index (χ4n) is 3.97. The van der Waals surface area contributed by atoms with Crippen molar-refractivity contribution in [2.75, 3.05) is 26.7 Å². The zero-order valence-corrected chi connectivity index (χ0v) is 13.9. The molecular weight excluding hydrogens is 300 g/mol. The van der Waals surface area contributed by atoms with Gasteiger partial charge in [0.05, 0.1) is 7.11 Å². The molecule has 2 aromatic carbocycles. The van der Waals surface area contributed by atoms with Crippen molar-refractivity contribution in [2.24, 2.45) is 5.92 Å². The molecule has 0 radical (unpaired) electrons. The van der Waals surface area contributed by atoms with Gasteiger partial charge in [0.25, 0.3) is 5.91 Å². The summed E-state index contributed by atoms with van der Waals surface area (Å²) >= 11 is 0. The summed E-state index contributed by atoms with van der Waals surface area (Å²) in [5.41, 5.74) is 3.16. The Morgan fingerprint density at radius 1 is 1.17 bits per heavy atom. The molecule has 2 heterocycles. The smallest absolute Gasteiger partial charge is 0.254 e. The van der Waals surface area contributed by atoms with Crippen LogP contribution in [0.3, 0.4) is 0 Å². The number of ether oxygens (including phenoxy) is 1. The summed E-state index contributed by atoms with van der Waals surface area (Å²) in [4.78, 5) is 15.1. The third-order valence-electron chi connectivity index (χ3n) is 5.18. The summed E-state index contributed by atoms with van der Waals surface area (Å²) in [6.07, 6.45) is 0. The Morgan fingerprint density at radius 3 is 2.92 bits per heavy atom. The van der Waals surface area contributed by atoms with Crippen LogP contribution in [0.25, 0.3) is 0 Å². The first kappa shape index (κ1) is 15.2. The molecule has 1 saturated heterocycles. The molecule has 4 heteroatoms. The van der Waals surface area contributed by atoms with Crippen molar-refractivity contribution < 1.29 is 9.53 Å². The predicted molar refractivity (Wildman–Crippen MR) is 93.3 cm³/mol. The van der Waals surface area contributed by atoms with Crippen LogP contribution in [0.2, 0.25) is 0 Å². The lowest BCUT2D eigenvalue weighted by atomic mass is 9.87. The Bertz CT molecular complexity index is 759. The topological polar surface area (TPSA) is 41.6 Å². The summed E-state index contributed by atoms with van der Waals surface area (Å²) in [7, 11) is 1.67. The number of carbonyl (C=O) groups excluding carboxylic acids is 1. The van der Waals surface area contributed by atoms with Crippen molar-refractivity contribution >= 4 is 5.91 Å². The monoisotopic (exact) mass is 322 g/mol. The molecule has 124 valence electrons. The van der Waals surface area contributed by atoms with E-state index in [4.69, 9.17) is 4.74 Å². The van der Waals surface area contributed by atoms with E-state index in [2.05, 4.69) is 17.4 Å². The standard InChI is InChI=1S/C20H22N2O2/c1-24-16-6-4-5-14(9-16)12-22-13-15-10-21-11-19(15)17-7-2-3-8-18(17)20(22)23/h2-9,15,19,21H,10-13H2,1H3/t15-,19+/m0/s1. The zero-order valence-electron chi connectivity index (χ0n) is 13.9. The highest BCUT2D eigenvalue weighted by Gasteiger charge is 2.37. The van der Waals surface area contributed by atoms with E-state index >= 15 is 0 Å². The second-order valence-electron chi connectivity index (χ2n) is 6.65. The van der Waals surface area contributed by atoms with Gasteiger partial charge in [-0.3, -0.25) is 4.79 Å². The fraction of sp³-hybridized carbons (Fsp3) is 0.350. The maximum Gasteiger partial charge on any atom is 0.254 e. The summed E-state index contributed by atoms with van der Waals surface area (Å²) in [6, 6.07) is 16.1. The van der Waals surface area contributed by atoms with Crippen molar-refractivity contribution in [3.8, 4) is 5.75 Å². The quantitative estimate of drug-likeness (QED) is 0.944. The number of amides is 1. The first-order chi connectivity index (χ1) is 11.8. The molecule has 2 atom stereocenters. The van der Waals surface area contributed by atoms with Gasteiger partial charge in [-0.05, 0) is 35.2 Å². The van der Waals surface area contributed by atoms with Crippen LogP contribution >= 0.6 is 0 Å². The highest BCUT2D eigenvalue weighted by molar-refractivity contribution is 5.96. The number of benzene rings is 2. The van der Waals surface area contributed by atoms with Gasteiger partial charge in [0.1, 0.15) is 5.75 Å². The van der Waals surface area contributed by atoms with E-state index in [0.717, 1.165) is 36.5 Å². The lowest BCUT2D eigenvalue weighted by Crippen LogP contribution is -2.34. The van der Waals surface area contributed by atoms with Crippen LogP contribution < -0.4 is 10.1 Å². The minimum absolute atomic E-state index is 0.141. The van der Waals surface area contributed by atoms with Gasteiger partial charge < -0.3 is 15.0 Å². The van der Waals surface area contributed by atoms with E-state index in [1.54, 1.807) is 7.11 Å². The second kappa shape index (κ2) is 6.29. The van der Waals surface area contributed by atoms with Crippen LogP contribution in [-0.4, -0.2) is 37.6 Å². The largest absolute Gasteiger partial charge is 0.497 e. The molecule has 1 N–H and O–H groups in total. The minimum atomic E-state index is 0.141. The molecule has 0 aliphatic carbocycles. The molecule has 2 aliphatic rings. The summed E-state index contributed by atoms with van der Waals surface area (Å²) in [5, 5.41) is 3.49. The molecular formula is C20H22N2O2. The Kier molecular flexibility index (Phi) is 3.98.